The predicted molar refractivity (Wildman–Crippen MR) is 315 cm³/mol. The number of hydrogen-bond donors (Lipinski definition) is 0. The lowest BCUT2D eigenvalue weighted by atomic mass is 9.70. The second-order valence-electron chi connectivity index (χ2n) is 15.7. The molecule has 0 saturated carbocycles. The summed E-state index contributed by atoms with van der Waals surface area (Å²) in [7, 11) is 10.1. The van der Waals surface area contributed by atoms with Gasteiger partial charge in [-0.25, -0.2) is 0 Å². The van der Waals surface area contributed by atoms with Crippen LogP contribution in [-0.2, 0) is 5.41 Å². The first-order valence-electron chi connectivity index (χ1n) is 26.0. The molecule has 0 fully saturated rings. The molecule has 370 valence electrons. The number of anilines is 1. The van der Waals surface area contributed by atoms with Gasteiger partial charge < -0.3 is 14.2 Å². The fraction of sp³-hybridized carbons (Fsp3) is 0.284. The zero-order chi connectivity index (χ0) is 52.2. The van der Waals surface area contributed by atoms with Crippen molar-refractivity contribution in [1.29, 1.82) is 0 Å². The summed E-state index contributed by atoms with van der Waals surface area (Å²) in [6, 6.07) is 69.0. The number of rotatable bonds is 2. The average molecular weight is 935 g/mol. The predicted octanol–water partition coefficient (Wildman–Crippen LogP) is 19.7. The topological polar surface area (TPSA) is 19.6 Å². The molecule has 0 bridgehead atoms. The first-order chi connectivity index (χ1) is 34.3. The van der Waals surface area contributed by atoms with Gasteiger partial charge in [0.2, 0.25) is 0 Å². The van der Waals surface area contributed by atoms with Gasteiger partial charge in [-0.1, -0.05) is 265 Å². The van der Waals surface area contributed by atoms with Crippen molar-refractivity contribution in [3.63, 3.8) is 0 Å². The zero-order valence-electron chi connectivity index (χ0n) is 46.3. The fourth-order valence-electron chi connectivity index (χ4n) is 8.56. The summed E-state index contributed by atoms with van der Waals surface area (Å²) >= 11 is 0. The molecule has 2 aliphatic carbocycles. The Hall–Kier alpha value is -6.68. The average Bonchev–Trinajstić information content (AvgIpc) is 4.07. The largest absolute Gasteiger partial charge is 0.455 e. The molecule has 0 amide bonds. The van der Waals surface area contributed by atoms with Crippen LogP contribution in [-0.4, -0.2) is 40.1 Å². The summed E-state index contributed by atoms with van der Waals surface area (Å²) in [5, 5.41) is 2.36. The minimum absolute atomic E-state index is 0.180. The molecule has 8 aromatic carbocycles. The minimum atomic E-state index is -0.180. The van der Waals surface area contributed by atoms with Gasteiger partial charge in [-0.15, -0.1) is 0 Å². The number of hydrogen-bond acceptors (Lipinski definition) is 3. The monoisotopic (exact) mass is 935 g/mol. The van der Waals surface area contributed by atoms with Gasteiger partial charge in [0.1, 0.15) is 11.2 Å². The van der Waals surface area contributed by atoms with Crippen molar-refractivity contribution in [3.05, 3.63) is 222 Å². The van der Waals surface area contributed by atoms with Crippen LogP contribution in [0.1, 0.15) is 111 Å². The number of furan rings is 1. The van der Waals surface area contributed by atoms with E-state index in [-0.39, 0.29) is 5.41 Å². The molecule has 70 heavy (non-hydrogen) atoms. The molecule has 0 aliphatic heterocycles. The summed E-state index contributed by atoms with van der Waals surface area (Å²) in [4.78, 5) is 4.08. The SMILES string of the molecule is CC.CC.CC.CC.CC.CC.CN(C)C.CN(C)c1ccccc1.Cc1cccc(-c2cccc3c2oc2ccccc23)c1.c1ccc2c(c1)-c1ccccc1C21c2ccccc2-c2ccccc21. The second kappa shape index (κ2) is 31.4. The Balaban J connectivity index is 0.000000333. The molecule has 1 aromatic heterocycles. The van der Waals surface area contributed by atoms with E-state index in [1.807, 2.05) is 154 Å². The lowest BCUT2D eigenvalue weighted by molar-refractivity contribution is 0.505. The van der Waals surface area contributed by atoms with Crippen LogP contribution in [0.15, 0.2) is 199 Å². The van der Waals surface area contributed by atoms with Crippen LogP contribution in [0.2, 0.25) is 0 Å². The highest BCUT2D eigenvalue weighted by Crippen LogP contribution is 2.62. The zero-order valence-corrected chi connectivity index (χ0v) is 46.3. The fourth-order valence-corrected chi connectivity index (χ4v) is 8.56. The Morgan fingerprint density at radius 2 is 0.686 bits per heavy atom. The summed E-state index contributed by atoms with van der Waals surface area (Å²) in [6.07, 6.45) is 0. The molecule has 1 heterocycles. The lowest BCUT2D eigenvalue weighted by Gasteiger charge is -2.30. The summed E-state index contributed by atoms with van der Waals surface area (Å²) in [6.45, 7) is 26.1. The summed E-state index contributed by atoms with van der Waals surface area (Å²) in [5.41, 5.74) is 17.7. The third kappa shape index (κ3) is 13.5. The maximum absolute atomic E-state index is 6.08. The van der Waals surface area contributed by atoms with Gasteiger partial charge in [-0.2, -0.15) is 0 Å². The van der Waals surface area contributed by atoms with Crippen molar-refractivity contribution in [1.82, 2.24) is 4.90 Å². The van der Waals surface area contributed by atoms with Crippen LogP contribution >= 0.6 is 0 Å². The molecule has 1 spiro atoms. The molecular formula is C67H86N2O. The van der Waals surface area contributed by atoms with E-state index < -0.39 is 0 Å². The maximum atomic E-state index is 6.08. The van der Waals surface area contributed by atoms with Gasteiger partial charge in [0, 0.05) is 36.1 Å². The third-order valence-corrected chi connectivity index (χ3v) is 10.9. The molecule has 0 saturated heterocycles. The highest BCUT2D eigenvalue weighted by atomic mass is 16.3. The van der Waals surface area contributed by atoms with Crippen LogP contribution in [0.25, 0.3) is 55.3 Å². The van der Waals surface area contributed by atoms with Gasteiger partial charge >= 0.3 is 0 Å². The molecule has 0 atom stereocenters. The molecule has 3 heteroatoms. The van der Waals surface area contributed by atoms with Crippen LogP contribution in [0, 0.1) is 6.92 Å². The molecule has 0 N–H and O–H groups in total. The van der Waals surface area contributed by atoms with E-state index in [1.165, 1.54) is 72.1 Å². The minimum Gasteiger partial charge on any atom is -0.455 e. The summed E-state index contributed by atoms with van der Waals surface area (Å²) < 4.78 is 6.08. The standard InChI is InChI=1S/C25H16.C19H14O.C8H11N.C3H9N.6C2H6/c1-5-13-21-17(9-1)18-10-2-6-14-22(18)25(21)23-15-7-3-11-19(23)20-12-4-8-16-24(20)25;1-13-6-4-7-14(12-13)15-9-5-10-17-16-8-2-3-11-18(16)20-19(15)17;1-9(2)8-6-4-3-5-7-8;1-4(2)3;6*1-2/h1-16H;2-12H,1H3;3-7H,1-2H3;1-3H3;6*1-2H3. The van der Waals surface area contributed by atoms with Crippen molar-refractivity contribution in [2.45, 2.75) is 95.4 Å². The Morgan fingerprint density at radius 1 is 0.343 bits per heavy atom. The number of fused-ring (bicyclic) bond motifs is 13. The van der Waals surface area contributed by atoms with Crippen LogP contribution in [0.4, 0.5) is 5.69 Å². The van der Waals surface area contributed by atoms with E-state index in [4.69, 9.17) is 4.42 Å². The van der Waals surface area contributed by atoms with Crippen LogP contribution in [0.5, 0.6) is 0 Å². The van der Waals surface area contributed by atoms with E-state index in [0.29, 0.717) is 0 Å². The first kappa shape index (κ1) is 59.4. The van der Waals surface area contributed by atoms with Crippen LogP contribution < -0.4 is 4.90 Å². The van der Waals surface area contributed by atoms with E-state index >= 15 is 0 Å². The van der Waals surface area contributed by atoms with Crippen LogP contribution in [0.3, 0.4) is 0 Å². The van der Waals surface area contributed by atoms with Crippen molar-refractivity contribution in [2.24, 2.45) is 0 Å². The number of benzene rings is 8. The molecule has 9 aromatic rings. The van der Waals surface area contributed by atoms with Gasteiger partial charge in [0.05, 0.1) is 5.41 Å². The lowest BCUT2D eigenvalue weighted by Crippen LogP contribution is -2.25. The Bertz CT molecular complexity index is 2640. The second-order valence-corrected chi connectivity index (χ2v) is 15.7. The van der Waals surface area contributed by atoms with E-state index in [0.717, 1.165) is 16.7 Å². The normalized spacial score (nSPS) is 10.7. The molecular weight excluding hydrogens is 849 g/mol. The first-order valence-corrected chi connectivity index (χ1v) is 26.0. The highest BCUT2D eigenvalue weighted by molar-refractivity contribution is 6.09. The maximum Gasteiger partial charge on any atom is 0.143 e. The van der Waals surface area contributed by atoms with E-state index in [2.05, 4.69) is 176 Å². The summed E-state index contributed by atoms with van der Waals surface area (Å²) in [5.74, 6) is 0. The third-order valence-electron chi connectivity index (χ3n) is 10.9. The molecule has 2 aliphatic rings. The van der Waals surface area contributed by atoms with E-state index in [9.17, 15) is 0 Å². The van der Waals surface area contributed by atoms with Crippen molar-refractivity contribution in [3.8, 4) is 33.4 Å². The van der Waals surface area contributed by atoms with E-state index in [1.54, 1.807) is 0 Å². The Labute approximate surface area is 425 Å². The molecule has 3 nitrogen and oxygen atoms in total. The Morgan fingerprint density at radius 3 is 1.09 bits per heavy atom. The molecule has 0 unspecified atom stereocenters. The molecule has 11 rings (SSSR count). The quantitative estimate of drug-likeness (QED) is 0.172. The highest BCUT2D eigenvalue weighted by Gasteiger charge is 2.51. The molecule has 0 radical (unpaired) electrons. The van der Waals surface area contributed by atoms with Gasteiger partial charge in [-0.3, -0.25) is 0 Å². The van der Waals surface area contributed by atoms with Gasteiger partial charge in [0.15, 0.2) is 0 Å². The van der Waals surface area contributed by atoms with Crippen molar-refractivity contribution >= 4 is 27.6 Å². The number of aryl methyl sites for hydroxylation is 1. The van der Waals surface area contributed by atoms with Crippen molar-refractivity contribution < 1.29 is 4.42 Å². The number of para-hydroxylation sites is 3. The smallest absolute Gasteiger partial charge is 0.143 e. The van der Waals surface area contributed by atoms with Gasteiger partial charge in [0.25, 0.3) is 0 Å². The van der Waals surface area contributed by atoms with Gasteiger partial charge in [-0.05, 0) is 96.3 Å². The van der Waals surface area contributed by atoms with Crippen molar-refractivity contribution in [2.75, 3.05) is 40.1 Å². The number of nitrogens with zero attached hydrogens (tertiary/aromatic N) is 2. The Kier molecular flexibility index (Phi) is 26.7.